The molecule has 0 bridgehead atoms. The average Bonchev–Trinajstić information content (AvgIpc) is 3.39. The first kappa shape index (κ1) is 19.7. The third-order valence-corrected chi connectivity index (χ3v) is 5.27. The van der Waals surface area contributed by atoms with E-state index in [0.29, 0.717) is 34.3 Å². The van der Waals surface area contributed by atoms with E-state index in [1.165, 1.54) is 6.92 Å². The normalized spacial score (nSPS) is 12.1. The number of benzene rings is 3. The molecule has 7 nitrogen and oxygen atoms in total. The molecule has 0 amide bonds. The predicted molar refractivity (Wildman–Crippen MR) is 121 cm³/mol. The molecule has 0 saturated heterocycles. The van der Waals surface area contributed by atoms with E-state index in [-0.39, 0.29) is 6.79 Å². The Balaban J connectivity index is 1.81. The van der Waals surface area contributed by atoms with Gasteiger partial charge in [-0.15, -0.1) is 0 Å². The van der Waals surface area contributed by atoms with Crippen molar-refractivity contribution in [2.45, 2.75) is 13.8 Å². The maximum Gasteiger partial charge on any atom is 0.309 e. The average molecular weight is 427 g/mol. The van der Waals surface area contributed by atoms with Crippen molar-refractivity contribution in [3.63, 3.8) is 0 Å². The number of hydrogen-bond donors (Lipinski definition) is 1. The molecular weight excluding hydrogens is 406 g/mol. The summed E-state index contributed by atoms with van der Waals surface area (Å²) in [6, 6.07) is 20.8. The van der Waals surface area contributed by atoms with Gasteiger partial charge in [0.1, 0.15) is 5.69 Å². The zero-order valence-corrected chi connectivity index (χ0v) is 17.7. The molecule has 0 unspecified atom stereocenters. The van der Waals surface area contributed by atoms with Crippen LogP contribution in [0.3, 0.4) is 0 Å². The number of para-hydroxylation sites is 1. The van der Waals surface area contributed by atoms with Crippen LogP contribution in [0.1, 0.15) is 12.5 Å². The van der Waals surface area contributed by atoms with Crippen molar-refractivity contribution in [1.82, 2.24) is 9.78 Å². The summed E-state index contributed by atoms with van der Waals surface area (Å²) in [6.45, 7) is 3.54. The van der Waals surface area contributed by atoms with E-state index in [0.717, 1.165) is 22.4 Å². The molecule has 1 aliphatic rings. The number of carbonyl (C=O) groups excluding carboxylic acids is 1. The van der Waals surface area contributed by atoms with Gasteiger partial charge in [-0.3, -0.25) is 4.79 Å². The molecule has 0 radical (unpaired) electrons. The number of nitrogen functional groups attached to an aromatic ring is 1. The number of hydrogen-bond acceptors (Lipinski definition) is 6. The Kier molecular flexibility index (Phi) is 4.78. The zero-order chi connectivity index (χ0) is 22.2. The number of rotatable bonds is 4. The van der Waals surface area contributed by atoms with Crippen LogP contribution in [-0.4, -0.2) is 22.5 Å². The zero-order valence-electron chi connectivity index (χ0n) is 17.7. The minimum atomic E-state index is -0.436. The molecule has 0 saturated carbocycles. The smallest absolute Gasteiger partial charge is 0.309 e. The fourth-order valence-electron chi connectivity index (χ4n) is 3.75. The number of ether oxygens (including phenoxy) is 3. The van der Waals surface area contributed by atoms with E-state index in [4.69, 9.17) is 25.0 Å². The van der Waals surface area contributed by atoms with Crippen LogP contribution in [0.15, 0.2) is 66.7 Å². The fourth-order valence-corrected chi connectivity index (χ4v) is 3.75. The van der Waals surface area contributed by atoms with E-state index in [1.54, 1.807) is 16.8 Å². The van der Waals surface area contributed by atoms with Gasteiger partial charge in [0.15, 0.2) is 11.5 Å². The van der Waals surface area contributed by atoms with E-state index >= 15 is 0 Å². The molecule has 0 aliphatic carbocycles. The number of aryl methyl sites for hydroxylation is 1. The van der Waals surface area contributed by atoms with Crippen LogP contribution in [0.5, 0.6) is 17.4 Å². The molecule has 4 aromatic rings. The Labute approximate surface area is 185 Å². The van der Waals surface area contributed by atoms with Crippen molar-refractivity contribution >= 4 is 11.7 Å². The number of nitrogens with zero attached hydrogens (tertiary/aromatic N) is 2. The number of anilines is 1. The third-order valence-electron chi connectivity index (χ3n) is 5.27. The Hall–Kier alpha value is -4.26. The Morgan fingerprint density at radius 1 is 1.00 bits per heavy atom. The highest BCUT2D eigenvalue weighted by Crippen LogP contribution is 2.44. The third kappa shape index (κ3) is 3.43. The molecule has 3 aromatic carbocycles. The second kappa shape index (κ2) is 7.77. The first-order valence-electron chi connectivity index (χ1n) is 10.1. The lowest BCUT2D eigenvalue weighted by atomic mass is 10.0. The van der Waals surface area contributed by atoms with E-state index in [2.05, 4.69) is 0 Å². The van der Waals surface area contributed by atoms with Gasteiger partial charge < -0.3 is 19.9 Å². The van der Waals surface area contributed by atoms with Crippen molar-refractivity contribution in [3.8, 4) is 45.5 Å². The van der Waals surface area contributed by atoms with Gasteiger partial charge in [0.2, 0.25) is 12.7 Å². The minimum Gasteiger partial charge on any atom is -0.454 e. The molecule has 0 atom stereocenters. The summed E-state index contributed by atoms with van der Waals surface area (Å²) in [5, 5.41) is 4.90. The van der Waals surface area contributed by atoms with Crippen LogP contribution < -0.4 is 19.9 Å². The summed E-state index contributed by atoms with van der Waals surface area (Å²) >= 11 is 0. The molecule has 0 fully saturated rings. The van der Waals surface area contributed by atoms with Crippen molar-refractivity contribution in [3.05, 3.63) is 72.3 Å². The summed E-state index contributed by atoms with van der Waals surface area (Å²) in [7, 11) is 0. The number of nitrogens with two attached hydrogens (primary N) is 1. The van der Waals surface area contributed by atoms with Crippen molar-refractivity contribution in [1.29, 1.82) is 0 Å². The van der Waals surface area contributed by atoms with Crippen LogP contribution in [0.2, 0.25) is 0 Å². The van der Waals surface area contributed by atoms with Gasteiger partial charge in [0.25, 0.3) is 0 Å². The highest BCUT2D eigenvalue weighted by atomic mass is 16.7. The highest BCUT2D eigenvalue weighted by Gasteiger charge is 2.26. The standard InChI is InChI=1S/C25H21N3O4/c1-15-5-3-4-6-20(15)28-25(32-16(2)29)23(17-7-10-19(26)11-8-17)24(27-28)18-9-12-21-22(13-18)31-14-30-21/h3-13H,14,26H2,1-2H3. The molecule has 2 N–H and O–H groups in total. The molecule has 5 rings (SSSR count). The molecule has 1 aliphatic heterocycles. The second-order valence-corrected chi connectivity index (χ2v) is 7.51. The number of esters is 1. The maximum absolute atomic E-state index is 12.1. The van der Waals surface area contributed by atoms with E-state index < -0.39 is 5.97 Å². The molecule has 0 spiro atoms. The first-order valence-corrected chi connectivity index (χ1v) is 10.1. The summed E-state index contributed by atoms with van der Waals surface area (Å²) < 4.78 is 18.4. The number of carbonyl (C=O) groups is 1. The lowest BCUT2D eigenvalue weighted by molar-refractivity contribution is -0.132. The van der Waals surface area contributed by atoms with E-state index in [1.807, 2.05) is 61.5 Å². The van der Waals surface area contributed by atoms with Gasteiger partial charge >= 0.3 is 5.97 Å². The van der Waals surface area contributed by atoms with Gasteiger partial charge in [0.05, 0.1) is 11.3 Å². The fraction of sp³-hybridized carbons (Fsp3) is 0.120. The van der Waals surface area contributed by atoms with E-state index in [9.17, 15) is 4.79 Å². The lowest BCUT2D eigenvalue weighted by Crippen LogP contribution is -2.09. The monoisotopic (exact) mass is 427 g/mol. The van der Waals surface area contributed by atoms with Crippen LogP contribution >= 0.6 is 0 Å². The number of aromatic nitrogens is 2. The van der Waals surface area contributed by atoms with Crippen LogP contribution in [0.25, 0.3) is 28.1 Å². The Morgan fingerprint density at radius 3 is 2.47 bits per heavy atom. The topological polar surface area (TPSA) is 88.6 Å². The highest BCUT2D eigenvalue weighted by molar-refractivity contribution is 5.88. The summed E-state index contributed by atoms with van der Waals surface area (Å²) in [5.41, 5.74) is 11.3. The van der Waals surface area contributed by atoms with Gasteiger partial charge in [-0.1, -0.05) is 30.3 Å². The predicted octanol–water partition coefficient (Wildman–Crippen LogP) is 4.75. The van der Waals surface area contributed by atoms with Crippen LogP contribution in [0, 0.1) is 6.92 Å². The van der Waals surface area contributed by atoms with Crippen LogP contribution in [-0.2, 0) is 4.79 Å². The van der Waals surface area contributed by atoms with Gasteiger partial charge in [-0.05, 0) is 54.4 Å². The Bertz CT molecular complexity index is 1330. The maximum atomic E-state index is 12.1. The molecule has 1 aromatic heterocycles. The summed E-state index contributed by atoms with van der Waals surface area (Å²) in [4.78, 5) is 12.1. The lowest BCUT2D eigenvalue weighted by Gasteiger charge is -2.11. The second-order valence-electron chi connectivity index (χ2n) is 7.51. The SMILES string of the molecule is CC(=O)Oc1c(-c2ccc(N)cc2)c(-c2ccc3c(c2)OCO3)nn1-c1ccccc1C. The quantitative estimate of drug-likeness (QED) is 0.373. The van der Waals surface area contributed by atoms with Gasteiger partial charge in [-0.25, -0.2) is 0 Å². The molecular formula is C25H21N3O4. The number of fused-ring (bicyclic) bond motifs is 1. The molecule has 2 heterocycles. The van der Waals surface area contributed by atoms with Crippen molar-refractivity contribution < 1.29 is 19.0 Å². The van der Waals surface area contributed by atoms with Gasteiger partial charge in [0, 0.05) is 18.2 Å². The van der Waals surface area contributed by atoms with Crippen molar-refractivity contribution in [2.75, 3.05) is 12.5 Å². The Morgan fingerprint density at radius 2 is 1.72 bits per heavy atom. The van der Waals surface area contributed by atoms with Crippen LogP contribution in [0.4, 0.5) is 5.69 Å². The van der Waals surface area contributed by atoms with Crippen molar-refractivity contribution in [2.24, 2.45) is 0 Å². The first-order chi connectivity index (χ1) is 15.5. The largest absolute Gasteiger partial charge is 0.454 e. The molecule has 32 heavy (non-hydrogen) atoms. The van der Waals surface area contributed by atoms with Gasteiger partial charge in [-0.2, -0.15) is 9.78 Å². The summed E-state index contributed by atoms with van der Waals surface area (Å²) in [6.07, 6.45) is 0. The molecule has 160 valence electrons. The summed E-state index contributed by atoms with van der Waals surface area (Å²) in [5.74, 6) is 1.23. The molecule has 7 heteroatoms. The minimum absolute atomic E-state index is 0.181.